The maximum absolute atomic E-state index is 10.5. The molecule has 1 aromatic heterocycles. The number of carboxylic acids is 1. The number of nitrogens with one attached hydrogen (secondary N) is 1. The van der Waals surface area contributed by atoms with Crippen LogP contribution < -0.4 is 5.32 Å². The fraction of sp³-hybridized carbons (Fsp3) is 0.444. The molecular weight excluding hydrogens is 186 g/mol. The van der Waals surface area contributed by atoms with Crippen LogP contribution in [0.15, 0.2) is 16.5 Å². The fourth-order valence-electron chi connectivity index (χ4n) is 1.59. The number of aromatic carboxylic acids is 1. The smallest absolute Gasteiger partial charge is 0.371 e. The lowest BCUT2D eigenvalue weighted by Gasteiger charge is -2.17. The average molecular weight is 197 g/mol. The molecule has 14 heavy (non-hydrogen) atoms. The molecule has 1 aromatic rings. The third-order valence-corrected chi connectivity index (χ3v) is 2.41. The summed E-state index contributed by atoms with van der Waals surface area (Å²) in [4.78, 5) is 10.5. The molecule has 1 saturated heterocycles. The van der Waals surface area contributed by atoms with Crippen LogP contribution in [0, 0.1) is 0 Å². The Bertz CT molecular complexity index is 351. The van der Waals surface area contributed by atoms with Crippen LogP contribution in [0.2, 0.25) is 0 Å². The molecule has 1 atom stereocenters. The van der Waals surface area contributed by atoms with E-state index in [0.29, 0.717) is 25.3 Å². The SMILES string of the molecule is O=C(O)c1ccc(C2(O)CCNC2)o1. The molecule has 0 radical (unpaired) electrons. The highest BCUT2D eigenvalue weighted by Crippen LogP contribution is 2.28. The molecule has 2 heterocycles. The molecule has 0 spiro atoms. The van der Waals surface area contributed by atoms with Gasteiger partial charge in [0.1, 0.15) is 11.4 Å². The second-order valence-corrected chi connectivity index (χ2v) is 3.43. The van der Waals surface area contributed by atoms with Crippen molar-refractivity contribution in [3.63, 3.8) is 0 Å². The van der Waals surface area contributed by atoms with Crippen molar-refractivity contribution in [3.05, 3.63) is 23.7 Å². The minimum absolute atomic E-state index is 0.139. The number of hydrogen-bond donors (Lipinski definition) is 3. The summed E-state index contributed by atoms with van der Waals surface area (Å²) in [6, 6.07) is 2.87. The first-order valence-corrected chi connectivity index (χ1v) is 4.38. The zero-order valence-corrected chi connectivity index (χ0v) is 7.49. The highest BCUT2D eigenvalue weighted by atomic mass is 16.4. The maximum Gasteiger partial charge on any atom is 0.371 e. The van der Waals surface area contributed by atoms with E-state index < -0.39 is 11.6 Å². The topological polar surface area (TPSA) is 82.7 Å². The van der Waals surface area contributed by atoms with Crippen molar-refractivity contribution in [3.8, 4) is 0 Å². The Hall–Kier alpha value is -1.33. The van der Waals surface area contributed by atoms with Gasteiger partial charge in [-0.05, 0) is 25.1 Å². The van der Waals surface area contributed by atoms with E-state index in [4.69, 9.17) is 9.52 Å². The van der Waals surface area contributed by atoms with Crippen LogP contribution in [-0.4, -0.2) is 29.3 Å². The fourth-order valence-corrected chi connectivity index (χ4v) is 1.59. The van der Waals surface area contributed by atoms with Crippen LogP contribution in [0.1, 0.15) is 22.7 Å². The van der Waals surface area contributed by atoms with Gasteiger partial charge in [-0.1, -0.05) is 0 Å². The molecule has 1 fully saturated rings. The van der Waals surface area contributed by atoms with Crippen LogP contribution in [0.4, 0.5) is 0 Å². The van der Waals surface area contributed by atoms with Gasteiger partial charge in [0.05, 0.1) is 0 Å². The molecule has 1 aliphatic heterocycles. The van der Waals surface area contributed by atoms with Crippen molar-refractivity contribution >= 4 is 5.97 Å². The van der Waals surface area contributed by atoms with E-state index in [1.165, 1.54) is 12.1 Å². The molecular formula is C9H11NO4. The van der Waals surface area contributed by atoms with Crippen molar-refractivity contribution in [2.45, 2.75) is 12.0 Å². The van der Waals surface area contributed by atoms with Crippen LogP contribution in [0.3, 0.4) is 0 Å². The first-order chi connectivity index (χ1) is 6.62. The summed E-state index contributed by atoms with van der Waals surface area (Å²) in [5, 5.41) is 21.6. The molecule has 0 aromatic carbocycles. The van der Waals surface area contributed by atoms with Gasteiger partial charge in [-0.15, -0.1) is 0 Å². The van der Waals surface area contributed by atoms with E-state index in [9.17, 15) is 9.90 Å². The number of hydrogen-bond acceptors (Lipinski definition) is 4. The van der Waals surface area contributed by atoms with Crippen molar-refractivity contribution in [2.24, 2.45) is 0 Å². The van der Waals surface area contributed by atoms with Gasteiger partial charge in [-0.25, -0.2) is 4.79 Å². The number of furan rings is 1. The maximum atomic E-state index is 10.5. The lowest BCUT2D eigenvalue weighted by Crippen LogP contribution is -2.27. The molecule has 0 aliphatic carbocycles. The first-order valence-electron chi connectivity index (χ1n) is 4.38. The molecule has 0 amide bonds. The minimum atomic E-state index is -1.12. The van der Waals surface area contributed by atoms with Crippen molar-refractivity contribution in [1.29, 1.82) is 0 Å². The molecule has 1 unspecified atom stereocenters. The Balaban J connectivity index is 2.28. The molecule has 2 rings (SSSR count). The van der Waals surface area contributed by atoms with Crippen molar-refractivity contribution in [1.82, 2.24) is 5.32 Å². The van der Waals surface area contributed by atoms with E-state index in [-0.39, 0.29) is 5.76 Å². The molecule has 0 saturated carbocycles. The standard InChI is InChI=1S/C9H11NO4/c11-8(12)6-1-2-7(14-6)9(13)3-4-10-5-9/h1-2,10,13H,3-5H2,(H,11,12). The molecule has 0 bridgehead atoms. The Labute approximate surface area is 80.3 Å². The lowest BCUT2D eigenvalue weighted by molar-refractivity contribution is 0.0327. The summed E-state index contributed by atoms with van der Waals surface area (Å²) < 4.78 is 5.04. The van der Waals surface area contributed by atoms with E-state index in [1.54, 1.807) is 0 Å². The van der Waals surface area contributed by atoms with Crippen LogP contribution in [0.25, 0.3) is 0 Å². The summed E-state index contributed by atoms with van der Waals surface area (Å²) >= 11 is 0. The zero-order chi connectivity index (χ0) is 10.2. The molecule has 3 N–H and O–H groups in total. The number of β-amino-alcohol motifs (C(OH)–C–C–N with tert-alkyl or cyclic N) is 1. The summed E-state index contributed by atoms with van der Waals surface area (Å²) in [5.74, 6) is -0.939. The lowest BCUT2D eigenvalue weighted by atomic mass is 10.0. The highest BCUT2D eigenvalue weighted by molar-refractivity contribution is 5.84. The normalized spacial score (nSPS) is 26.6. The monoisotopic (exact) mass is 197 g/mol. The Morgan fingerprint density at radius 2 is 2.36 bits per heavy atom. The predicted molar refractivity (Wildman–Crippen MR) is 47.1 cm³/mol. The van der Waals surface area contributed by atoms with E-state index in [2.05, 4.69) is 5.32 Å². The third-order valence-electron chi connectivity index (χ3n) is 2.41. The Morgan fingerprint density at radius 1 is 1.57 bits per heavy atom. The average Bonchev–Trinajstić information content (AvgIpc) is 2.71. The van der Waals surface area contributed by atoms with Gasteiger partial charge in [0.25, 0.3) is 0 Å². The number of rotatable bonds is 2. The van der Waals surface area contributed by atoms with Crippen molar-refractivity contribution < 1.29 is 19.4 Å². The Kier molecular flexibility index (Phi) is 2.05. The van der Waals surface area contributed by atoms with E-state index >= 15 is 0 Å². The highest BCUT2D eigenvalue weighted by Gasteiger charge is 2.36. The molecule has 5 heteroatoms. The van der Waals surface area contributed by atoms with Crippen molar-refractivity contribution in [2.75, 3.05) is 13.1 Å². The van der Waals surface area contributed by atoms with Gasteiger partial charge in [-0.2, -0.15) is 0 Å². The predicted octanol–water partition coefficient (Wildman–Crippen LogP) is 0.159. The second-order valence-electron chi connectivity index (χ2n) is 3.43. The summed E-state index contributed by atoms with van der Waals surface area (Å²) in [6.45, 7) is 1.11. The summed E-state index contributed by atoms with van der Waals surface area (Å²) in [7, 11) is 0. The Morgan fingerprint density at radius 3 is 2.86 bits per heavy atom. The van der Waals surface area contributed by atoms with Crippen LogP contribution in [-0.2, 0) is 5.60 Å². The third kappa shape index (κ3) is 1.40. The van der Waals surface area contributed by atoms with Gasteiger partial charge in [-0.3, -0.25) is 0 Å². The summed E-state index contributed by atoms with van der Waals surface area (Å²) in [5.41, 5.74) is -1.05. The van der Waals surface area contributed by atoms with Gasteiger partial charge >= 0.3 is 5.97 Å². The van der Waals surface area contributed by atoms with E-state index in [0.717, 1.165) is 0 Å². The quantitative estimate of drug-likeness (QED) is 0.629. The van der Waals surface area contributed by atoms with Gasteiger partial charge < -0.3 is 19.9 Å². The number of carboxylic acid groups (broad SMARTS) is 1. The number of carbonyl (C=O) groups is 1. The molecule has 1 aliphatic rings. The van der Waals surface area contributed by atoms with Gasteiger partial charge in [0.2, 0.25) is 5.76 Å². The zero-order valence-electron chi connectivity index (χ0n) is 7.49. The van der Waals surface area contributed by atoms with E-state index in [1.807, 2.05) is 0 Å². The van der Waals surface area contributed by atoms with Gasteiger partial charge in [0.15, 0.2) is 0 Å². The number of aliphatic hydroxyl groups is 1. The van der Waals surface area contributed by atoms with Gasteiger partial charge in [0, 0.05) is 6.54 Å². The van der Waals surface area contributed by atoms with Crippen LogP contribution in [0.5, 0.6) is 0 Å². The first kappa shape index (κ1) is 9.23. The molecule has 5 nitrogen and oxygen atoms in total. The summed E-state index contributed by atoms with van der Waals surface area (Å²) in [6.07, 6.45) is 0.541. The minimum Gasteiger partial charge on any atom is -0.475 e. The van der Waals surface area contributed by atoms with Crippen LogP contribution >= 0.6 is 0 Å². The second kappa shape index (κ2) is 3.11. The largest absolute Gasteiger partial charge is 0.475 e. The molecule has 76 valence electrons.